The van der Waals surface area contributed by atoms with Crippen LogP contribution in [0, 0.1) is 0 Å². The number of hydrogen-bond acceptors (Lipinski definition) is 3. The van der Waals surface area contributed by atoms with E-state index in [1.165, 1.54) is 0 Å². The number of benzene rings is 1. The lowest BCUT2D eigenvalue weighted by Gasteiger charge is -2.30. The van der Waals surface area contributed by atoms with Gasteiger partial charge in [-0.25, -0.2) is 0 Å². The quantitative estimate of drug-likeness (QED) is 0.880. The van der Waals surface area contributed by atoms with Gasteiger partial charge in [0.1, 0.15) is 0 Å². The van der Waals surface area contributed by atoms with Crippen LogP contribution in [-0.4, -0.2) is 35.7 Å². The highest BCUT2D eigenvalue weighted by Crippen LogP contribution is 2.19. The van der Waals surface area contributed by atoms with E-state index in [2.05, 4.69) is 4.90 Å². The fourth-order valence-corrected chi connectivity index (χ4v) is 2.57. The molecule has 1 heterocycles. The fourth-order valence-electron chi connectivity index (χ4n) is 2.37. The van der Waals surface area contributed by atoms with E-state index in [1.807, 2.05) is 24.3 Å². The minimum Gasteiger partial charge on any atom is -0.393 e. The van der Waals surface area contributed by atoms with Gasteiger partial charge in [0.15, 0.2) is 0 Å². The molecule has 1 fully saturated rings. The van der Waals surface area contributed by atoms with Gasteiger partial charge < -0.3 is 15.7 Å². The number of aliphatic hydroxyl groups excluding tert-OH is 1. The van der Waals surface area contributed by atoms with Gasteiger partial charge >= 0.3 is 0 Å². The molecule has 0 saturated carbocycles. The zero-order valence-corrected chi connectivity index (χ0v) is 11.3. The summed E-state index contributed by atoms with van der Waals surface area (Å²) in [6.45, 7) is 2.94. The molecule has 18 heavy (non-hydrogen) atoms. The van der Waals surface area contributed by atoms with Gasteiger partial charge in [0, 0.05) is 24.2 Å². The second-order valence-corrected chi connectivity index (χ2v) is 5.46. The first kappa shape index (κ1) is 13.8. The molecule has 3 N–H and O–H groups in total. The van der Waals surface area contributed by atoms with Crippen LogP contribution in [0.1, 0.15) is 30.9 Å². The summed E-state index contributed by atoms with van der Waals surface area (Å²) in [5.41, 5.74) is 7.27. The molecule has 100 valence electrons. The summed E-state index contributed by atoms with van der Waals surface area (Å²) in [7, 11) is 0. The number of rotatable bonds is 4. The number of piperidine rings is 1. The zero-order valence-electron chi connectivity index (χ0n) is 10.6. The Kier molecular flexibility index (Phi) is 5.01. The summed E-state index contributed by atoms with van der Waals surface area (Å²) in [6, 6.07) is 7.80. The van der Waals surface area contributed by atoms with Crippen molar-refractivity contribution in [1.29, 1.82) is 0 Å². The highest BCUT2D eigenvalue weighted by atomic mass is 35.5. The van der Waals surface area contributed by atoms with E-state index in [4.69, 9.17) is 17.3 Å². The average molecular weight is 269 g/mol. The Morgan fingerprint density at radius 3 is 2.78 bits per heavy atom. The Morgan fingerprint density at radius 1 is 1.39 bits per heavy atom. The van der Waals surface area contributed by atoms with Gasteiger partial charge in [-0.05, 0) is 43.5 Å². The number of nitrogens with two attached hydrogens (primary N) is 1. The lowest BCUT2D eigenvalue weighted by molar-refractivity contribution is 0.0812. The Morgan fingerprint density at radius 2 is 2.11 bits per heavy atom. The SMILES string of the molecule is NC(CCN1CCC(O)CC1)c1cccc(Cl)c1. The van der Waals surface area contributed by atoms with Crippen LogP contribution in [0.4, 0.5) is 0 Å². The van der Waals surface area contributed by atoms with Crippen molar-refractivity contribution in [3.8, 4) is 0 Å². The smallest absolute Gasteiger partial charge is 0.0564 e. The minimum absolute atomic E-state index is 0.0375. The second kappa shape index (κ2) is 6.53. The summed E-state index contributed by atoms with van der Waals surface area (Å²) < 4.78 is 0. The van der Waals surface area contributed by atoms with Gasteiger partial charge in [-0.1, -0.05) is 23.7 Å². The molecule has 0 spiro atoms. The third kappa shape index (κ3) is 3.95. The predicted octanol–water partition coefficient (Wildman–Crippen LogP) is 2.19. The maximum Gasteiger partial charge on any atom is 0.0564 e. The van der Waals surface area contributed by atoms with Crippen LogP contribution in [0.25, 0.3) is 0 Å². The topological polar surface area (TPSA) is 49.5 Å². The lowest BCUT2D eigenvalue weighted by Crippen LogP contribution is -2.37. The molecule has 1 aliphatic rings. The molecule has 1 unspecified atom stereocenters. The molecular weight excluding hydrogens is 248 g/mol. The Balaban J connectivity index is 1.79. The summed E-state index contributed by atoms with van der Waals surface area (Å²) in [5, 5.41) is 10.2. The molecule has 0 aromatic heterocycles. The molecule has 0 amide bonds. The maximum atomic E-state index is 9.45. The van der Waals surface area contributed by atoms with Crippen LogP contribution in [0.3, 0.4) is 0 Å². The maximum absolute atomic E-state index is 9.45. The molecule has 2 rings (SSSR count). The van der Waals surface area contributed by atoms with E-state index in [0.29, 0.717) is 0 Å². The van der Waals surface area contributed by atoms with E-state index < -0.39 is 0 Å². The Bertz CT molecular complexity index is 378. The van der Waals surface area contributed by atoms with E-state index in [0.717, 1.165) is 49.5 Å². The van der Waals surface area contributed by atoms with Gasteiger partial charge in [-0.3, -0.25) is 0 Å². The first-order valence-corrected chi connectivity index (χ1v) is 6.94. The van der Waals surface area contributed by atoms with Crippen LogP contribution < -0.4 is 5.73 Å². The summed E-state index contributed by atoms with van der Waals surface area (Å²) in [4.78, 5) is 2.37. The first-order valence-electron chi connectivity index (χ1n) is 6.56. The molecule has 3 nitrogen and oxygen atoms in total. The number of hydrogen-bond donors (Lipinski definition) is 2. The summed E-state index contributed by atoms with van der Waals surface area (Å²) >= 11 is 5.96. The number of nitrogens with zero attached hydrogens (tertiary/aromatic N) is 1. The third-order valence-corrected chi connectivity index (χ3v) is 3.83. The fraction of sp³-hybridized carbons (Fsp3) is 0.571. The highest BCUT2D eigenvalue weighted by Gasteiger charge is 2.17. The number of aliphatic hydroxyl groups is 1. The molecule has 1 aromatic rings. The number of likely N-dealkylation sites (tertiary alicyclic amines) is 1. The van der Waals surface area contributed by atoms with Gasteiger partial charge in [0.05, 0.1) is 6.10 Å². The third-order valence-electron chi connectivity index (χ3n) is 3.59. The second-order valence-electron chi connectivity index (χ2n) is 5.02. The van der Waals surface area contributed by atoms with E-state index in [-0.39, 0.29) is 12.1 Å². The molecule has 0 aliphatic carbocycles. The van der Waals surface area contributed by atoms with E-state index >= 15 is 0 Å². The van der Waals surface area contributed by atoms with Crippen LogP contribution >= 0.6 is 11.6 Å². The van der Waals surface area contributed by atoms with Crippen molar-refractivity contribution in [1.82, 2.24) is 4.90 Å². The molecule has 0 bridgehead atoms. The van der Waals surface area contributed by atoms with Crippen LogP contribution in [-0.2, 0) is 0 Å². The van der Waals surface area contributed by atoms with Crippen molar-refractivity contribution in [2.75, 3.05) is 19.6 Å². The van der Waals surface area contributed by atoms with Crippen LogP contribution in [0.2, 0.25) is 5.02 Å². The number of halogens is 1. The minimum atomic E-state index is -0.108. The van der Waals surface area contributed by atoms with Crippen LogP contribution in [0.15, 0.2) is 24.3 Å². The lowest BCUT2D eigenvalue weighted by atomic mass is 10.0. The average Bonchev–Trinajstić information content (AvgIpc) is 2.38. The molecule has 0 radical (unpaired) electrons. The Labute approximate surface area is 114 Å². The standard InChI is InChI=1S/C14H21ClN2O/c15-12-3-1-2-11(10-12)14(16)6-9-17-7-4-13(18)5-8-17/h1-3,10,13-14,18H,4-9,16H2. The van der Waals surface area contributed by atoms with Gasteiger partial charge in [-0.15, -0.1) is 0 Å². The van der Waals surface area contributed by atoms with Crippen molar-refractivity contribution in [2.45, 2.75) is 31.4 Å². The monoisotopic (exact) mass is 268 g/mol. The largest absolute Gasteiger partial charge is 0.393 e. The Hall–Kier alpha value is -0.610. The molecule has 1 atom stereocenters. The molecule has 1 saturated heterocycles. The van der Waals surface area contributed by atoms with Gasteiger partial charge in [0.2, 0.25) is 0 Å². The van der Waals surface area contributed by atoms with E-state index in [1.54, 1.807) is 0 Å². The van der Waals surface area contributed by atoms with Crippen molar-refractivity contribution in [3.63, 3.8) is 0 Å². The normalized spacial score (nSPS) is 19.9. The highest BCUT2D eigenvalue weighted by molar-refractivity contribution is 6.30. The van der Waals surface area contributed by atoms with Gasteiger partial charge in [0.25, 0.3) is 0 Å². The van der Waals surface area contributed by atoms with Crippen molar-refractivity contribution >= 4 is 11.6 Å². The molecule has 1 aliphatic heterocycles. The van der Waals surface area contributed by atoms with Crippen molar-refractivity contribution < 1.29 is 5.11 Å². The van der Waals surface area contributed by atoms with Gasteiger partial charge in [-0.2, -0.15) is 0 Å². The summed E-state index contributed by atoms with van der Waals surface area (Å²) in [6.07, 6.45) is 2.58. The van der Waals surface area contributed by atoms with Crippen molar-refractivity contribution in [2.24, 2.45) is 5.73 Å². The zero-order chi connectivity index (χ0) is 13.0. The first-order chi connectivity index (χ1) is 8.65. The van der Waals surface area contributed by atoms with Crippen LogP contribution in [0.5, 0.6) is 0 Å². The van der Waals surface area contributed by atoms with Crippen molar-refractivity contribution in [3.05, 3.63) is 34.9 Å². The molecule has 1 aromatic carbocycles. The van der Waals surface area contributed by atoms with E-state index in [9.17, 15) is 5.11 Å². The predicted molar refractivity (Wildman–Crippen MR) is 74.7 cm³/mol. The summed E-state index contributed by atoms with van der Waals surface area (Å²) in [5.74, 6) is 0. The molecule has 4 heteroatoms. The molecular formula is C14H21ClN2O.